The Morgan fingerprint density at radius 2 is 1.66 bits per heavy atom. The van der Waals surface area contributed by atoms with Gasteiger partial charge in [0.1, 0.15) is 12.4 Å². The largest absolute Gasteiger partial charge is 0.487 e. The maximum Gasteiger partial charge on any atom is 0.271 e. The number of hydrogen-bond donors (Lipinski definition) is 1. The van der Waals surface area contributed by atoms with Gasteiger partial charge in [-0.25, -0.2) is 5.43 Å². The lowest BCUT2D eigenvalue weighted by atomic mass is 10.1. The fourth-order valence-corrected chi connectivity index (χ4v) is 5.29. The minimum Gasteiger partial charge on any atom is -0.487 e. The molecule has 5 rings (SSSR count). The molecule has 1 aromatic heterocycles. The van der Waals surface area contributed by atoms with Crippen LogP contribution in [0.2, 0.25) is 0 Å². The molecule has 5 aromatic rings. The summed E-state index contributed by atoms with van der Waals surface area (Å²) >= 11 is 3.64. The van der Waals surface area contributed by atoms with Crippen LogP contribution < -0.4 is 10.2 Å². The quantitative estimate of drug-likeness (QED) is 0.0991. The fraction of sp³-hybridized carbons (Fsp3) is 0.0857. The lowest BCUT2D eigenvalue weighted by Gasteiger charge is -2.14. The van der Waals surface area contributed by atoms with E-state index in [0.717, 1.165) is 49.6 Å². The van der Waals surface area contributed by atoms with Crippen molar-refractivity contribution in [1.82, 2.24) is 9.99 Å². The number of amides is 1. The molecule has 0 aliphatic carbocycles. The van der Waals surface area contributed by atoms with Crippen molar-refractivity contribution < 1.29 is 9.53 Å². The number of nitrogens with zero attached hydrogens (tertiary/aromatic N) is 2. The number of rotatable bonds is 10. The zero-order valence-electron chi connectivity index (χ0n) is 22.8. The van der Waals surface area contributed by atoms with Gasteiger partial charge in [0.05, 0.1) is 16.4 Å². The number of aryl methyl sites for hydroxylation is 1. The van der Waals surface area contributed by atoms with Gasteiger partial charge in [0, 0.05) is 16.9 Å². The van der Waals surface area contributed by atoms with Gasteiger partial charge in [-0.05, 0) is 100 Å². The predicted molar refractivity (Wildman–Crippen MR) is 170 cm³/mol. The average Bonchev–Trinajstić information content (AvgIpc) is 3.39. The number of aromatic nitrogens is 1. The van der Waals surface area contributed by atoms with Crippen molar-refractivity contribution in [2.45, 2.75) is 20.0 Å². The number of halogens is 1. The maximum absolute atomic E-state index is 12.8. The van der Waals surface area contributed by atoms with Crippen LogP contribution in [0.4, 0.5) is 0 Å². The van der Waals surface area contributed by atoms with E-state index in [1.165, 1.54) is 0 Å². The third kappa shape index (κ3) is 6.73. The summed E-state index contributed by atoms with van der Waals surface area (Å²) in [5.74, 6) is 0.483. The first-order chi connectivity index (χ1) is 20.0. The van der Waals surface area contributed by atoms with Crippen LogP contribution in [0.25, 0.3) is 16.9 Å². The molecular weight excluding hydrogens is 574 g/mol. The third-order valence-corrected chi connectivity index (χ3v) is 7.24. The molecule has 0 saturated carbocycles. The van der Waals surface area contributed by atoms with Crippen LogP contribution >= 0.6 is 15.9 Å². The number of carbonyl (C=O) groups excluding carboxylic acids is 1. The smallest absolute Gasteiger partial charge is 0.271 e. The van der Waals surface area contributed by atoms with Gasteiger partial charge in [0.2, 0.25) is 0 Å². The summed E-state index contributed by atoms with van der Waals surface area (Å²) in [5.41, 5.74) is 10.4. The summed E-state index contributed by atoms with van der Waals surface area (Å²) in [6, 6.07) is 35.9. The van der Waals surface area contributed by atoms with E-state index in [4.69, 9.17) is 4.74 Å². The molecule has 5 nitrogen and oxygen atoms in total. The van der Waals surface area contributed by atoms with Gasteiger partial charge < -0.3 is 9.30 Å². The van der Waals surface area contributed by atoms with Gasteiger partial charge in [0.15, 0.2) is 0 Å². The van der Waals surface area contributed by atoms with Gasteiger partial charge in [0.25, 0.3) is 5.91 Å². The Bertz CT molecular complexity index is 1670. The summed E-state index contributed by atoms with van der Waals surface area (Å²) < 4.78 is 9.12. The van der Waals surface area contributed by atoms with Crippen LogP contribution in [0, 0.1) is 6.92 Å². The van der Waals surface area contributed by atoms with Gasteiger partial charge in [-0.3, -0.25) is 4.79 Å². The molecule has 0 aliphatic heterocycles. The molecule has 0 bridgehead atoms. The van der Waals surface area contributed by atoms with Crippen molar-refractivity contribution in [3.63, 3.8) is 0 Å². The summed E-state index contributed by atoms with van der Waals surface area (Å²) in [5, 5.41) is 4.21. The van der Waals surface area contributed by atoms with Crippen molar-refractivity contribution in [2.24, 2.45) is 5.10 Å². The first-order valence-electron chi connectivity index (χ1n) is 13.3. The Morgan fingerprint density at radius 1 is 0.951 bits per heavy atom. The van der Waals surface area contributed by atoms with Crippen molar-refractivity contribution in [3.8, 4) is 22.7 Å². The molecule has 0 saturated heterocycles. The van der Waals surface area contributed by atoms with Crippen LogP contribution in [0.15, 0.2) is 131 Å². The zero-order chi connectivity index (χ0) is 28.6. The SMILES string of the molecule is C=CCc1cc(/C=N/NC(=O)c2ccc(-n3c(C)ccc3-c3ccccc3)cc2)cc(Br)c1OCc1ccccc1. The Kier molecular flexibility index (Phi) is 8.92. The molecule has 1 N–H and O–H groups in total. The molecule has 0 unspecified atom stereocenters. The topological polar surface area (TPSA) is 55.6 Å². The van der Waals surface area contributed by atoms with Crippen LogP contribution in [0.3, 0.4) is 0 Å². The van der Waals surface area contributed by atoms with Gasteiger partial charge in [-0.2, -0.15) is 5.10 Å². The maximum atomic E-state index is 12.8. The van der Waals surface area contributed by atoms with Gasteiger partial charge >= 0.3 is 0 Å². The third-order valence-electron chi connectivity index (χ3n) is 6.65. The van der Waals surface area contributed by atoms with Crippen LogP contribution in [-0.2, 0) is 13.0 Å². The molecule has 41 heavy (non-hydrogen) atoms. The molecule has 204 valence electrons. The van der Waals surface area contributed by atoms with Crippen LogP contribution in [-0.4, -0.2) is 16.7 Å². The normalized spacial score (nSPS) is 11.0. The van der Waals surface area contributed by atoms with Crippen molar-refractivity contribution >= 4 is 28.1 Å². The molecule has 4 aromatic carbocycles. The van der Waals surface area contributed by atoms with E-state index < -0.39 is 0 Å². The van der Waals surface area contributed by atoms with E-state index in [2.05, 4.69) is 68.8 Å². The molecule has 6 heteroatoms. The molecule has 1 amide bonds. The highest BCUT2D eigenvalue weighted by molar-refractivity contribution is 9.10. The summed E-state index contributed by atoms with van der Waals surface area (Å²) in [7, 11) is 0. The van der Waals surface area contributed by atoms with E-state index in [1.807, 2.05) is 91.0 Å². The predicted octanol–water partition coefficient (Wildman–Crippen LogP) is 8.29. The zero-order valence-corrected chi connectivity index (χ0v) is 24.3. The minimum absolute atomic E-state index is 0.284. The second-order valence-corrected chi connectivity index (χ2v) is 10.4. The number of allylic oxidation sites excluding steroid dienone is 1. The Morgan fingerprint density at radius 3 is 2.37 bits per heavy atom. The number of hydrogen-bond acceptors (Lipinski definition) is 3. The fourth-order valence-electron chi connectivity index (χ4n) is 4.65. The van der Waals surface area contributed by atoms with Crippen molar-refractivity contribution in [3.05, 3.63) is 154 Å². The summed E-state index contributed by atoms with van der Waals surface area (Å²) in [6.45, 7) is 6.41. The van der Waals surface area contributed by atoms with Crippen LogP contribution in [0.1, 0.15) is 32.7 Å². The van der Waals surface area contributed by atoms with Gasteiger partial charge in [-0.15, -0.1) is 6.58 Å². The summed E-state index contributed by atoms with van der Waals surface area (Å²) in [6.07, 6.45) is 4.09. The minimum atomic E-state index is -0.284. The lowest BCUT2D eigenvalue weighted by Crippen LogP contribution is -2.17. The highest BCUT2D eigenvalue weighted by Gasteiger charge is 2.12. The number of nitrogens with one attached hydrogen (secondary N) is 1. The Labute approximate surface area is 249 Å². The highest BCUT2D eigenvalue weighted by atomic mass is 79.9. The molecule has 0 spiro atoms. The first-order valence-corrected chi connectivity index (χ1v) is 14.1. The molecular formula is C35H30BrN3O2. The Hall–Kier alpha value is -4.68. The number of ether oxygens (including phenoxy) is 1. The first kappa shape index (κ1) is 27.9. The molecule has 0 fully saturated rings. The van der Waals surface area contributed by atoms with E-state index in [1.54, 1.807) is 6.21 Å². The van der Waals surface area contributed by atoms with Gasteiger partial charge in [-0.1, -0.05) is 66.7 Å². The lowest BCUT2D eigenvalue weighted by molar-refractivity contribution is 0.0955. The molecule has 0 aliphatic rings. The van der Waals surface area contributed by atoms with Crippen molar-refractivity contribution in [2.75, 3.05) is 0 Å². The summed E-state index contributed by atoms with van der Waals surface area (Å²) in [4.78, 5) is 12.8. The highest BCUT2D eigenvalue weighted by Crippen LogP contribution is 2.32. The number of benzene rings is 4. The molecule has 0 atom stereocenters. The van der Waals surface area contributed by atoms with Crippen LogP contribution in [0.5, 0.6) is 5.75 Å². The van der Waals surface area contributed by atoms with E-state index in [0.29, 0.717) is 18.6 Å². The number of hydrazone groups is 1. The monoisotopic (exact) mass is 603 g/mol. The number of carbonyl (C=O) groups is 1. The molecule has 1 heterocycles. The van der Waals surface area contributed by atoms with Crippen molar-refractivity contribution in [1.29, 1.82) is 0 Å². The second kappa shape index (κ2) is 13.1. The van der Waals surface area contributed by atoms with E-state index >= 15 is 0 Å². The second-order valence-electron chi connectivity index (χ2n) is 9.57. The molecule has 0 radical (unpaired) electrons. The average molecular weight is 605 g/mol. The Balaban J connectivity index is 1.27. The van der Waals surface area contributed by atoms with E-state index in [-0.39, 0.29) is 5.91 Å². The van der Waals surface area contributed by atoms with E-state index in [9.17, 15) is 4.79 Å². The standard InChI is InChI=1S/C35H30BrN3O2/c1-3-10-30-21-27(22-32(36)34(30)41-24-26-11-6-4-7-12-26)23-37-38-35(40)29-16-18-31(19-17-29)39-25(2)15-20-33(39)28-13-8-5-9-14-28/h3-9,11-23H,1,10,24H2,2H3,(H,38,40)/b37-23+.